The lowest BCUT2D eigenvalue weighted by Crippen LogP contribution is -2.47. The molecule has 7 heteroatoms. The van der Waals surface area contributed by atoms with Gasteiger partial charge in [0.05, 0.1) is 0 Å². The Hall–Kier alpha value is -1.79. The average molecular weight is 275 g/mol. The first-order chi connectivity index (χ1) is 8.53. The Labute approximate surface area is 111 Å². The van der Waals surface area contributed by atoms with Crippen molar-refractivity contribution in [2.24, 2.45) is 5.92 Å². The smallest absolute Gasteiger partial charge is 0.408 e. The highest BCUT2D eigenvalue weighted by Gasteiger charge is 2.28. The maximum Gasteiger partial charge on any atom is 0.408 e. The minimum absolute atomic E-state index is 0.152. The van der Waals surface area contributed by atoms with E-state index in [2.05, 4.69) is 5.32 Å². The van der Waals surface area contributed by atoms with Crippen LogP contribution in [0.25, 0.3) is 0 Å². The molecule has 0 heterocycles. The first-order valence-corrected chi connectivity index (χ1v) is 5.97. The zero-order chi connectivity index (χ0) is 15.2. The average Bonchev–Trinajstić information content (AvgIpc) is 2.19. The van der Waals surface area contributed by atoms with Gasteiger partial charge in [0.15, 0.2) is 0 Å². The molecule has 7 nitrogen and oxygen atoms in total. The first kappa shape index (κ1) is 17.2. The number of ether oxygens (including phenoxy) is 1. The fraction of sp³-hybridized carbons (Fsp3) is 0.750. The van der Waals surface area contributed by atoms with Crippen LogP contribution in [0.15, 0.2) is 0 Å². The molecule has 0 aromatic carbocycles. The molecule has 19 heavy (non-hydrogen) atoms. The second-order valence-electron chi connectivity index (χ2n) is 5.37. The highest BCUT2D eigenvalue weighted by atomic mass is 16.6. The van der Waals surface area contributed by atoms with Gasteiger partial charge in [0.25, 0.3) is 0 Å². The summed E-state index contributed by atoms with van der Waals surface area (Å²) < 4.78 is 4.96. The highest BCUT2D eigenvalue weighted by Crippen LogP contribution is 2.13. The maximum atomic E-state index is 11.5. The summed E-state index contributed by atoms with van der Waals surface area (Å²) in [4.78, 5) is 33.0. The summed E-state index contributed by atoms with van der Waals surface area (Å²) in [6, 6.07) is -1.17. The number of carbonyl (C=O) groups excluding carboxylic acids is 1. The molecule has 0 aromatic heterocycles. The molecule has 0 radical (unpaired) electrons. The summed E-state index contributed by atoms with van der Waals surface area (Å²) >= 11 is 0. The van der Waals surface area contributed by atoms with Crippen molar-refractivity contribution in [3.05, 3.63) is 0 Å². The molecule has 0 spiro atoms. The van der Waals surface area contributed by atoms with Gasteiger partial charge >= 0.3 is 18.0 Å². The number of carbonyl (C=O) groups is 3. The zero-order valence-corrected chi connectivity index (χ0v) is 11.6. The fourth-order valence-corrected chi connectivity index (χ4v) is 1.40. The Morgan fingerprint density at radius 2 is 1.74 bits per heavy atom. The summed E-state index contributed by atoms with van der Waals surface area (Å²) in [5.41, 5.74) is -0.725. The van der Waals surface area contributed by atoms with Crippen LogP contribution >= 0.6 is 0 Å². The molecule has 0 rings (SSSR count). The zero-order valence-electron chi connectivity index (χ0n) is 11.6. The summed E-state index contributed by atoms with van der Waals surface area (Å²) in [7, 11) is 0. The summed E-state index contributed by atoms with van der Waals surface area (Å²) in [5.74, 6) is -2.74. The van der Waals surface area contributed by atoms with Gasteiger partial charge in [-0.2, -0.15) is 0 Å². The third-order valence-corrected chi connectivity index (χ3v) is 2.32. The molecule has 0 aliphatic carbocycles. The number of hydrogen-bond acceptors (Lipinski definition) is 4. The van der Waals surface area contributed by atoms with E-state index in [9.17, 15) is 14.4 Å². The van der Waals surface area contributed by atoms with E-state index in [1.807, 2.05) is 0 Å². The second kappa shape index (κ2) is 6.96. The molecule has 0 fully saturated rings. The number of amides is 1. The lowest BCUT2D eigenvalue weighted by atomic mass is 9.97. The van der Waals surface area contributed by atoms with E-state index >= 15 is 0 Å². The van der Waals surface area contributed by atoms with E-state index in [4.69, 9.17) is 14.9 Å². The standard InChI is InChI=1S/C12H21NO6/c1-7(5-6-8(14)15)9(10(16)17)13-11(18)19-12(2,3)4/h7,9H,5-6H2,1-4H3,(H,13,18)(H,14,15)(H,16,17). The SMILES string of the molecule is CC(CCC(=O)O)C(NC(=O)OC(C)(C)C)C(=O)O. The predicted molar refractivity (Wildman–Crippen MR) is 66.8 cm³/mol. The molecule has 0 bridgehead atoms. The van der Waals surface area contributed by atoms with Gasteiger partial charge in [-0.05, 0) is 33.1 Å². The molecule has 2 unspecified atom stereocenters. The number of aliphatic carboxylic acids is 2. The molecule has 110 valence electrons. The van der Waals surface area contributed by atoms with Crippen molar-refractivity contribution in [2.75, 3.05) is 0 Å². The van der Waals surface area contributed by atoms with Gasteiger partial charge in [-0.15, -0.1) is 0 Å². The van der Waals surface area contributed by atoms with Gasteiger partial charge < -0.3 is 20.3 Å². The lowest BCUT2D eigenvalue weighted by molar-refractivity contribution is -0.142. The summed E-state index contributed by atoms with van der Waals surface area (Å²) in [5, 5.41) is 19.8. The van der Waals surface area contributed by atoms with E-state index in [1.54, 1.807) is 27.7 Å². The quantitative estimate of drug-likeness (QED) is 0.676. The third-order valence-electron chi connectivity index (χ3n) is 2.32. The van der Waals surface area contributed by atoms with Gasteiger partial charge in [0.1, 0.15) is 11.6 Å². The van der Waals surface area contributed by atoms with E-state index in [-0.39, 0.29) is 12.8 Å². The predicted octanol–water partition coefficient (Wildman–Crippen LogP) is 1.47. The fourth-order valence-electron chi connectivity index (χ4n) is 1.40. The molecule has 0 saturated heterocycles. The molecule has 3 N–H and O–H groups in total. The number of alkyl carbamates (subject to hydrolysis) is 1. The monoisotopic (exact) mass is 275 g/mol. The molecular weight excluding hydrogens is 254 g/mol. The maximum absolute atomic E-state index is 11.5. The Morgan fingerprint density at radius 3 is 2.11 bits per heavy atom. The highest BCUT2D eigenvalue weighted by molar-refractivity contribution is 5.80. The normalized spacial score (nSPS) is 14.3. The van der Waals surface area contributed by atoms with Crippen LogP contribution in [0, 0.1) is 5.92 Å². The van der Waals surface area contributed by atoms with Crippen LogP contribution in [-0.4, -0.2) is 39.9 Å². The molecule has 0 saturated carbocycles. The van der Waals surface area contributed by atoms with Crippen molar-refractivity contribution in [3.63, 3.8) is 0 Å². The van der Waals surface area contributed by atoms with E-state index < -0.39 is 35.6 Å². The van der Waals surface area contributed by atoms with Crippen molar-refractivity contribution < 1.29 is 29.3 Å². The number of nitrogens with one attached hydrogen (secondary N) is 1. The summed E-state index contributed by atoms with van der Waals surface area (Å²) in [6.45, 7) is 6.56. The van der Waals surface area contributed by atoms with Gasteiger partial charge in [-0.25, -0.2) is 9.59 Å². The van der Waals surface area contributed by atoms with Crippen LogP contribution in [0.1, 0.15) is 40.5 Å². The summed E-state index contributed by atoms with van der Waals surface area (Å²) in [6.07, 6.45) is -0.828. The van der Waals surface area contributed by atoms with Crippen LogP contribution in [0.5, 0.6) is 0 Å². The van der Waals surface area contributed by atoms with Gasteiger partial charge in [-0.3, -0.25) is 4.79 Å². The topological polar surface area (TPSA) is 113 Å². The van der Waals surface area contributed by atoms with Gasteiger partial charge in [0.2, 0.25) is 0 Å². The van der Waals surface area contributed by atoms with E-state index in [0.717, 1.165) is 0 Å². The van der Waals surface area contributed by atoms with Crippen LogP contribution in [0.3, 0.4) is 0 Å². The van der Waals surface area contributed by atoms with Crippen molar-refractivity contribution in [2.45, 2.75) is 52.2 Å². The number of carboxylic acid groups (broad SMARTS) is 2. The molecule has 2 atom stereocenters. The van der Waals surface area contributed by atoms with E-state index in [1.165, 1.54) is 0 Å². The number of hydrogen-bond donors (Lipinski definition) is 3. The Bertz CT molecular complexity index is 347. The molecular formula is C12H21NO6. The van der Waals surface area contributed by atoms with Gasteiger partial charge in [-0.1, -0.05) is 6.92 Å². The minimum Gasteiger partial charge on any atom is -0.481 e. The van der Waals surface area contributed by atoms with Crippen LogP contribution in [-0.2, 0) is 14.3 Å². The van der Waals surface area contributed by atoms with Crippen molar-refractivity contribution >= 4 is 18.0 Å². The van der Waals surface area contributed by atoms with Crippen LogP contribution < -0.4 is 5.32 Å². The van der Waals surface area contributed by atoms with Crippen LogP contribution in [0.4, 0.5) is 4.79 Å². The lowest BCUT2D eigenvalue weighted by Gasteiger charge is -2.24. The first-order valence-electron chi connectivity index (χ1n) is 5.97. The number of carboxylic acids is 2. The van der Waals surface area contributed by atoms with Crippen molar-refractivity contribution in [3.8, 4) is 0 Å². The molecule has 0 aliphatic rings. The minimum atomic E-state index is -1.22. The van der Waals surface area contributed by atoms with Crippen molar-refractivity contribution in [1.82, 2.24) is 5.32 Å². The number of rotatable bonds is 6. The molecule has 1 amide bonds. The second-order valence-corrected chi connectivity index (χ2v) is 5.37. The van der Waals surface area contributed by atoms with Gasteiger partial charge in [0, 0.05) is 6.42 Å². The van der Waals surface area contributed by atoms with Crippen molar-refractivity contribution in [1.29, 1.82) is 0 Å². The van der Waals surface area contributed by atoms with Crippen LogP contribution in [0.2, 0.25) is 0 Å². The Morgan fingerprint density at radius 1 is 1.21 bits per heavy atom. The van der Waals surface area contributed by atoms with E-state index in [0.29, 0.717) is 0 Å². The Balaban J connectivity index is 4.53. The molecule has 0 aliphatic heterocycles. The largest absolute Gasteiger partial charge is 0.481 e. The molecule has 0 aromatic rings. The third kappa shape index (κ3) is 8.01. The Kier molecular flexibility index (Phi) is 6.31.